The Morgan fingerprint density at radius 1 is 0.352 bits per heavy atom. The third kappa shape index (κ3) is 12.9. The number of benzene rings is 5. The molecule has 0 aliphatic rings. The molecule has 4 heterocycles. The van der Waals surface area contributed by atoms with E-state index in [1.54, 1.807) is 128 Å². The molecule has 0 fully saturated rings. The van der Waals surface area contributed by atoms with Crippen molar-refractivity contribution in [2.24, 2.45) is 0 Å². The molecule has 0 amide bonds. The van der Waals surface area contributed by atoms with Gasteiger partial charge in [-0.25, -0.2) is 0 Å². The number of thiophene rings is 4. The van der Waals surface area contributed by atoms with Crippen LogP contribution in [0.4, 0.5) is 0 Å². The van der Waals surface area contributed by atoms with Gasteiger partial charge in [-0.15, -0.1) is 0 Å². The summed E-state index contributed by atoms with van der Waals surface area (Å²) in [5, 5.41) is 7.60. The summed E-state index contributed by atoms with van der Waals surface area (Å²) in [6.07, 6.45) is 0. The SMILES string of the molecule is Cc1ccc(-c2csc([P+](O)(O)O)c2-c2ccc(C)cc2)cc1.Cc1ccccc1P(O)(O)(O)c1cccs1.Cc1ccccc1P(O)(O)(O)c1cccs1.Cc1ccccc1P(O)(O)(O)c1cccs1. The van der Waals surface area contributed by atoms with Gasteiger partial charge in [-0.3, -0.25) is 0 Å². The molecule has 4 aromatic heterocycles. The number of hydrogen-bond acceptors (Lipinski definition) is 16. The summed E-state index contributed by atoms with van der Waals surface area (Å²) in [7, 11) is -18.8. The first kappa shape index (κ1) is 56.4. The van der Waals surface area contributed by atoms with Gasteiger partial charge in [0.25, 0.3) is 0 Å². The molecule has 0 radical (unpaired) electrons. The fraction of sp³-hybridized carbons (Fsp3) is 0.0980. The molecule has 5 aromatic carbocycles. The topological polar surface area (TPSA) is 243 Å². The fourth-order valence-electron chi connectivity index (χ4n) is 7.46. The van der Waals surface area contributed by atoms with Gasteiger partial charge in [-0.2, -0.15) is 14.7 Å². The summed E-state index contributed by atoms with van der Waals surface area (Å²) in [4.78, 5) is 122. The van der Waals surface area contributed by atoms with Crippen molar-refractivity contribution in [3.05, 3.63) is 207 Å². The second-order valence-electron chi connectivity index (χ2n) is 16.8. The minimum absolute atomic E-state index is 0.205. The van der Waals surface area contributed by atoms with Gasteiger partial charge in [-0.05, 0) is 25.0 Å². The van der Waals surface area contributed by atoms with E-state index in [-0.39, 0.29) is 34.4 Å². The fourth-order valence-corrected chi connectivity index (χ4v) is 19.7. The van der Waals surface area contributed by atoms with E-state index >= 15 is 0 Å². The van der Waals surface area contributed by atoms with Crippen LogP contribution < -0.4 is 34.4 Å². The van der Waals surface area contributed by atoms with Crippen molar-refractivity contribution in [3.8, 4) is 22.3 Å². The first-order valence-corrected chi connectivity index (χ1v) is 33.0. The van der Waals surface area contributed by atoms with E-state index in [1.165, 1.54) is 29.5 Å². The molecular weight excluding hydrogens is 1060 g/mol. The molecule has 0 aliphatic heterocycles. The first-order valence-electron chi connectivity index (χ1n) is 21.5. The van der Waals surface area contributed by atoms with Crippen molar-refractivity contribution in [3.63, 3.8) is 0 Å². The van der Waals surface area contributed by atoms with Crippen molar-refractivity contribution in [2.45, 2.75) is 34.6 Å². The van der Waals surface area contributed by atoms with Crippen LogP contribution in [0.1, 0.15) is 27.8 Å². The van der Waals surface area contributed by atoms with Crippen molar-refractivity contribution in [2.75, 3.05) is 0 Å². The molecule has 71 heavy (non-hydrogen) atoms. The molecule has 0 unspecified atom stereocenters. The van der Waals surface area contributed by atoms with Gasteiger partial charge < -0.3 is 0 Å². The molecule has 0 saturated carbocycles. The van der Waals surface area contributed by atoms with Gasteiger partial charge in [0.15, 0.2) is 0 Å². The second kappa shape index (κ2) is 21.5. The predicted octanol–water partition coefficient (Wildman–Crippen LogP) is 7.91. The maximum atomic E-state index is 10.2. The van der Waals surface area contributed by atoms with Gasteiger partial charge in [-0.1, -0.05) is 71.0 Å². The van der Waals surface area contributed by atoms with Gasteiger partial charge in [0.1, 0.15) is 0 Å². The van der Waals surface area contributed by atoms with Crippen molar-refractivity contribution < 1.29 is 58.7 Å². The number of aryl methyl sites for hydroxylation is 5. The van der Waals surface area contributed by atoms with Gasteiger partial charge in [0.2, 0.25) is 4.62 Å². The summed E-state index contributed by atoms with van der Waals surface area (Å²) in [6.45, 7) is 9.25. The van der Waals surface area contributed by atoms with E-state index in [0.717, 1.165) is 61.8 Å². The Kier molecular flexibility index (Phi) is 17.1. The van der Waals surface area contributed by atoms with Crippen LogP contribution in [0.15, 0.2) is 179 Å². The Morgan fingerprint density at radius 3 is 0.944 bits per heavy atom. The summed E-state index contributed by atoms with van der Waals surface area (Å²) in [5.74, 6) is 0. The van der Waals surface area contributed by atoms with Crippen LogP contribution in [-0.2, 0) is 0 Å². The van der Waals surface area contributed by atoms with Crippen LogP contribution in [0.3, 0.4) is 0 Å². The van der Waals surface area contributed by atoms with Gasteiger partial charge in [0, 0.05) is 10.9 Å². The van der Waals surface area contributed by atoms with Crippen LogP contribution in [0.5, 0.6) is 0 Å². The molecule has 376 valence electrons. The zero-order chi connectivity index (χ0) is 52.1. The van der Waals surface area contributed by atoms with E-state index < -0.39 is 29.8 Å². The molecule has 0 bridgehead atoms. The monoisotopic (exact) mass is 1110 g/mol. The molecule has 12 nitrogen and oxygen atoms in total. The quantitative estimate of drug-likeness (QED) is 0.0618. The average Bonchev–Trinajstić information content (AvgIpc) is 4.16. The summed E-state index contributed by atoms with van der Waals surface area (Å²) in [5.41, 5.74) is 7.74. The van der Waals surface area contributed by atoms with E-state index in [0.29, 0.717) is 22.3 Å². The standard InChI is InChI=1S/C18H18O3PS.3C11H13O3PS/c1-12-3-7-14(8-4-12)16-11-23-18(22(19,20)21)17(16)15-9-5-13(2)6-10-15;3*1-9-5-2-3-6-10(9)15(12,13,14)11-7-4-8-16-11/h3-11,19-21H,1-2H3;3*2-8,12-14H,1H3/q+1;;;. The summed E-state index contributed by atoms with van der Waals surface area (Å²) >= 11 is 4.60. The third-order valence-electron chi connectivity index (χ3n) is 11.2. The van der Waals surface area contributed by atoms with Gasteiger partial charge in [0.05, 0.1) is 5.56 Å². The van der Waals surface area contributed by atoms with E-state index in [9.17, 15) is 58.7 Å². The maximum absolute atomic E-state index is 10.2. The molecule has 0 spiro atoms. The van der Waals surface area contributed by atoms with E-state index in [1.807, 2.05) is 67.8 Å². The molecule has 0 aliphatic carbocycles. The molecule has 20 heteroatoms. The second-order valence-corrected chi connectivity index (χ2v) is 32.1. The molecule has 12 N–H and O–H groups in total. The summed E-state index contributed by atoms with van der Waals surface area (Å²) < 4.78 is 0.859. The van der Waals surface area contributed by atoms with Crippen molar-refractivity contribution >= 4 is 110 Å². The van der Waals surface area contributed by atoms with Crippen LogP contribution >= 0.6 is 75.1 Å². The Morgan fingerprint density at radius 2 is 0.662 bits per heavy atom. The Labute approximate surface area is 429 Å². The average molecular weight is 1110 g/mol. The zero-order valence-corrected chi connectivity index (χ0v) is 46.0. The van der Waals surface area contributed by atoms with E-state index in [2.05, 4.69) is 0 Å². The third-order valence-corrected chi connectivity index (χ3v) is 26.8. The predicted molar refractivity (Wildman–Crippen MR) is 303 cm³/mol. The van der Waals surface area contributed by atoms with Gasteiger partial charge >= 0.3 is 300 Å². The normalized spacial score (nSPS) is 13.5. The Balaban J connectivity index is 0.000000157. The van der Waals surface area contributed by atoms with Crippen molar-refractivity contribution in [1.29, 1.82) is 0 Å². The van der Waals surface area contributed by atoms with Crippen LogP contribution in [0.2, 0.25) is 0 Å². The Hall–Kier alpha value is -3.86. The summed E-state index contributed by atoms with van der Waals surface area (Å²) in [6, 6.07) is 45.8. The molecule has 9 rings (SSSR count). The minimum atomic E-state index is -4.91. The molecule has 9 aromatic rings. The van der Waals surface area contributed by atoms with Crippen LogP contribution in [0.25, 0.3) is 22.3 Å². The molecular formula is C51H57O12P4S4+. The molecule has 0 saturated heterocycles. The van der Waals surface area contributed by atoms with Crippen LogP contribution in [-0.4, -0.2) is 58.7 Å². The van der Waals surface area contributed by atoms with Crippen LogP contribution in [0, 0.1) is 34.6 Å². The number of rotatable bonds is 9. The van der Waals surface area contributed by atoms with Crippen molar-refractivity contribution in [1.82, 2.24) is 0 Å². The zero-order valence-electron chi connectivity index (χ0n) is 39.1. The Bertz CT molecular complexity index is 2940. The number of hydrogen-bond donors (Lipinski definition) is 12. The molecule has 0 atom stereocenters. The van der Waals surface area contributed by atoms with E-state index in [4.69, 9.17) is 0 Å². The first-order chi connectivity index (χ1) is 33.1.